The minimum Gasteiger partial charge on any atom is -0.496 e. The number of carbonyl (C=O) groups excluding carboxylic acids is 1. The fraction of sp³-hybridized carbons (Fsp3) is 0.303. The Morgan fingerprint density at radius 3 is 2.50 bits per heavy atom. The van der Waals surface area contributed by atoms with Crippen molar-refractivity contribution in [1.29, 1.82) is 0 Å². The number of aromatic nitrogens is 2. The summed E-state index contributed by atoms with van der Waals surface area (Å²) in [6.07, 6.45) is 4.44. The Bertz CT molecular complexity index is 1680. The maximum absolute atomic E-state index is 15.5. The van der Waals surface area contributed by atoms with Crippen molar-refractivity contribution in [3.8, 4) is 28.0 Å². The molecule has 4 aromatic rings. The Morgan fingerprint density at radius 1 is 1.07 bits per heavy atom. The summed E-state index contributed by atoms with van der Waals surface area (Å²) >= 11 is 0. The van der Waals surface area contributed by atoms with E-state index in [9.17, 15) is 9.59 Å². The van der Waals surface area contributed by atoms with Crippen molar-refractivity contribution in [3.05, 3.63) is 99.5 Å². The number of nitrogens with one attached hydrogen (secondary N) is 2. The summed E-state index contributed by atoms with van der Waals surface area (Å²) in [7, 11) is 3.11. The molecule has 0 radical (unpaired) electrons. The van der Waals surface area contributed by atoms with E-state index in [2.05, 4.69) is 15.6 Å². The highest BCUT2D eigenvalue weighted by Crippen LogP contribution is 2.37. The third-order valence-corrected chi connectivity index (χ3v) is 7.92. The molecule has 1 amide bonds. The number of anilines is 1. The zero-order valence-electron chi connectivity index (χ0n) is 24.3. The summed E-state index contributed by atoms with van der Waals surface area (Å²) in [5.74, 6) is -0.351. The van der Waals surface area contributed by atoms with Crippen LogP contribution in [-0.2, 0) is 18.3 Å². The predicted octanol–water partition coefficient (Wildman–Crippen LogP) is 5.40. The first-order chi connectivity index (χ1) is 20.3. The van der Waals surface area contributed by atoms with E-state index in [0.29, 0.717) is 48.4 Å². The molecular formula is C33H35FN4O4. The third-order valence-electron chi connectivity index (χ3n) is 7.92. The topological polar surface area (TPSA) is 94.5 Å². The van der Waals surface area contributed by atoms with Crippen LogP contribution >= 0.6 is 0 Å². The van der Waals surface area contributed by atoms with Crippen LogP contribution in [0.5, 0.6) is 5.75 Å². The molecule has 1 aliphatic rings. The molecule has 9 heteroatoms. The van der Waals surface area contributed by atoms with Gasteiger partial charge in [0.2, 0.25) is 0 Å². The lowest BCUT2D eigenvalue weighted by molar-refractivity contribution is 0.0775. The molecule has 0 spiro atoms. The fourth-order valence-corrected chi connectivity index (χ4v) is 5.42. The van der Waals surface area contributed by atoms with Crippen LogP contribution in [0.25, 0.3) is 22.3 Å². The summed E-state index contributed by atoms with van der Waals surface area (Å²) in [5.41, 5.74) is 5.88. The van der Waals surface area contributed by atoms with E-state index >= 15 is 4.39 Å². The minimum atomic E-state index is -0.525. The molecule has 3 aromatic carbocycles. The van der Waals surface area contributed by atoms with Gasteiger partial charge in [-0.05, 0) is 78.3 Å². The lowest BCUT2D eigenvalue weighted by atomic mass is 9.90. The Balaban J connectivity index is 1.44. The number of ether oxygens (including phenoxy) is 2. The zero-order chi connectivity index (χ0) is 29.8. The van der Waals surface area contributed by atoms with Gasteiger partial charge >= 0.3 is 0 Å². The van der Waals surface area contributed by atoms with Crippen LogP contribution in [0, 0.1) is 19.7 Å². The molecule has 2 heterocycles. The van der Waals surface area contributed by atoms with Crippen molar-refractivity contribution < 1.29 is 18.7 Å². The van der Waals surface area contributed by atoms with E-state index in [0.717, 1.165) is 40.7 Å². The predicted molar refractivity (Wildman–Crippen MR) is 161 cm³/mol. The van der Waals surface area contributed by atoms with E-state index in [-0.39, 0.29) is 11.4 Å². The Hall–Kier alpha value is -4.34. The van der Waals surface area contributed by atoms with Gasteiger partial charge in [0.05, 0.1) is 13.4 Å². The number of hydrogen-bond donors (Lipinski definition) is 2. The van der Waals surface area contributed by atoms with Crippen LogP contribution in [0.3, 0.4) is 0 Å². The molecule has 1 aromatic heterocycles. The van der Waals surface area contributed by atoms with Crippen LogP contribution in [0.1, 0.15) is 39.9 Å². The van der Waals surface area contributed by atoms with Gasteiger partial charge in [-0.3, -0.25) is 9.59 Å². The molecule has 8 nitrogen and oxygen atoms in total. The van der Waals surface area contributed by atoms with E-state index < -0.39 is 11.5 Å². The molecule has 2 N–H and O–H groups in total. The van der Waals surface area contributed by atoms with Gasteiger partial charge in [-0.2, -0.15) is 0 Å². The molecule has 218 valence electrons. The number of aryl methyl sites for hydroxylation is 1. The molecule has 0 unspecified atom stereocenters. The standard InChI is InChI=1S/C33H35FN4O4/c1-20-24(22-15-29(34)27(31(16-22)41-4)18-36-23-11-13-42-14-12-23)7-5-8-25(20)26-9-6-10-30(21(26)2)37-32(39)28-17-35-19-38(3)33(28)40/h5-10,15-17,19,23,36H,11-14,18H2,1-4H3,(H,37,39). The second-order valence-corrected chi connectivity index (χ2v) is 10.5. The SMILES string of the molecule is COc1cc(-c2cccc(-c3cccc(NC(=O)c4cncn(C)c4=O)c3C)c2C)cc(F)c1CNC1CCOCC1. The molecule has 0 aliphatic carbocycles. The number of methoxy groups -OCH3 is 1. The summed E-state index contributed by atoms with van der Waals surface area (Å²) in [6, 6.07) is 15.3. The second kappa shape index (κ2) is 12.7. The van der Waals surface area contributed by atoms with Gasteiger partial charge in [-0.15, -0.1) is 0 Å². The summed E-state index contributed by atoms with van der Waals surface area (Å²) in [4.78, 5) is 29.3. The molecular weight excluding hydrogens is 535 g/mol. The number of nitrogens with zero attached hydrogens (tertiary/aromatic N) is 2. The third kappa shape index (κ3) is 5.98. The molecule has 1 fully saturated rings. The van der Waals surface area contributed by atoms with E-state index in [1.54, 1.807) is 26.3 Å². The van der Waals surface area contributed by atoms with Gasteiger partial charge in [0.1, 0.15) is 17.1 Å². The van der Waals surface area contributed by atoms with Gasteiger partial charge in [0.15, 0.2) is 0 Å². The second-order valence-electron chi connectivity index (χ2n) is 10.5. The number of hydrogen-bond acceptors (Lipinski definition) is 6. The zero-order valence-corrected chi connectivity index (χ0v) is 24.3. The van der Waals surface area contributed by atoms with Crippen LogP contribution in [0.15, 0.2) is 65.8 Å². The minimum absolute atomic E-state index is 0.0367. The number of benzene rings is 3. The quantitative estimate of drug-likeness (QED) is 0.295. The highest BCUT2D eigenvalue weighted by molar-refractivity contribution is 6.04. The molecule has 0 atom stereocenters. The van der Waals surface area contributed by atoms with E-state index in [1.165, 1.54) is 17.1 Å². The molecule has 0 saturated carbocycles. The van der Waals surface area contributed by atoms with Crippen molar-refractivity contribution in [2.75, 3.05) is 25.6 Å². The van der Waals surface area contributed by atoms with Crippen molar-refractivity contribution in [2.45, 2.75) is 39.3 Å². The molecule has 5 rings (SSSR count). The van der Waals surface area contributed by atoms with Crippen molar-refractivity contribution in [3.63, 3.8) is 0 Å². The lowest BCUT2D eigenvalue weighted by Crippen LogP contribution is -2.34. The normalized spacial score (nSPS) is 13.6. The Kier molecular flexibility index (Phi) is 8.80. The van der Waals surface area contributed by atoms with Crippen molar-refractivity contribution >= 4 is 11.6 Å². The molecule has 42 heavy (non-hydrogen) atoms. The fourth-order valence-electron chi connectivity index (χ4n) is 5.42. The van der Waals surface area contributed by atoms with Crippen LogP contribution in [0.2, 0.25) is 0 Å². The summed E-state index contributed by atoms with van der Waals surface area (Å²) in [6.45, 7) is 5.72. The monoisotopic (exact) mass is 570 g/mol. The first-order valence-corrected chi connectivity index (χ1v) is 14.0. The maximum Gasteiger partial charge on any atom is 0.265 e. The van der Waals surface area contributed by atoms with Crippen molar-refractivity contribution in [1.82, 2.24) is 14.9 Å². The largest absolute Gasteiger partial charge is 0.496 e. The highest BCUT2D eigenvalue weighted by Gasteiger charge is 2.20. The summed E-state index contributed by atoms with van der Waals surface area (Å²) in [5, 5.41) is 6.31. The van der Waals surface area contributed by atoms with E-state index in [1.807, 2.05) is 50.2 Å². The van der Waals surface area contributed by atoms with Crippen molar-refractivity contribution in [2.24, 2.45) is 7.05 Å². The average molecular weight is 571 g/mol. The highest BCUT2D eigenvalue weighted by atomic mass is 19.1. The average Bonchev–Trinajstić information content (AvgIpc) is 2.99. The van der Waals surface area contributed by atoms with Gasteiger partial charge in [-0.1, -0.05) is 30.3 Å². The summed E-state index contributed by atoms with van der Waals surface area (Å²) < 4.78 is 27.8. The maximum atomic E-state index is 15.5. The first-order valence-electron chi connectivity index (χ1n) is 14.0. The van der Waals surface area contributed by atoms with Gasteiger partial charge in [0.25, 0.3) is 11.5 Å². The van der Waals surface area contributed by atoms with Gasteiger partial charge in [0, 0.05) is 50.3 Å². The Morgan fingerprint density at radius 2 is 1.76 bits per heavy atom. The first kappa shape index (κ1) is 29.2. The van der Waals surface area contributed by atoms with Gasteiger partial charge < -0.3 is 24.7 Å². The number of carbonyl (C=O) groups is 1. The van der Waals surface area contributed by atoms with Gasteiger partial charge in [-0.25, -0.2) is 9.37 Å². The van der Waals surface area contributed by atoms with Crippen LogP contribution < -0.4 is 20.9 Å². The molecule has 1 aliphatic heterocycles. The smallest absolute Gasteiger partial charge is 0.265 e. The lowest BCUT2D eigenvalue weighted by Gasteiger charge is -2.24. The van der Waals surface area contributed by atoms with E-state index in [4.69, 9.17) is 9.47 Å². The Labute approximate surface area is 244 Å². The molecule has 1 saturated heterocycles. The van der Waals surface area contributed by atoms with Crippen LogP contribution in [-0.4, -0.2) is 41.8 Å². The molecule has 0 bridgehead atoms. The number of halogens is 1. The number of rotatable bonds is 8. The van der Waals surface area contributed by atoms with Crippen LogP contribution in [0.4, 0.5) is 10.1 Å². The number of amides is 1.